The van der Waals surface area contributed by atoms with Gasteiger partial charge in [0.15, 0.2) is 6.10 Å². The molecule has 0 aromatic carbocycles. The lowest BCUT2D eigenvalue weighted by molar-refractivity contribution is -0.0182. The lowest BCUT2D eigenvalue weighted by Gasteiger charge is -2.20. The van der Waals surface area contributed by atoms with Crippen molar-refractivity contribution in [2.75, 3.05) is 0 Å². The van der Waals surface area contributed by atoms with Gasteiger partial charge in [-0.1, -0.05) is 26.2 Å². The fourth-order valence-corrected chi connectivity index (χ4v) is 1.72. The van der Waals surface area contributed by atoms with Gasteiger partial charge in [0.1, 0.15) is 5.60 Å². The van der Waals surface area contributed by atoms with E-state index in [0.29, 0.717) is 0 Å². The summed E-state index contributed by atoms with van der Waals surface area (Å²) >= 11 is 1.95. The highest BCUT2D eigenvalue weighted by molar-refractivity contribution is 14.1. The summed E-state index contributed by atoms with van der Waals surface area (Å²) in [6.45, 7) is 7.61. The molecule has 1 unspecified atom stereocenters. The van der Waals surface area contributed by atoms with Gasteiger partial charge in [-0.05, 0) is 43.5 Å². The Balaban J connectivity index is 4.09. The van der Waals surface area contributed by atoms with E-state index >= 15 is 0 Å². The van der Waals surface area contributed by atoms with Crippen LogP contribution < -0.4 is 0 Å². The summed E-state index contributed by atoms with van der Waals surface area (Å²) in [5, 5.41) is 0. The van der Waals surface area contributed by atoms with Gasteiger partial charge >= 0.3 is 6.16 Å². The smallest absolute Gasteiger partial charge is 0.429 e. The molecule has 1 atom stereocenters. The molecule has 0 saturated heterocycles. The summed E-state index contributed by atoms with van der Waals surface area (Å²) in [6.07, 6.45) is 4.35. The summed E-state index contributed by atoms with van der Waals surface area (Å²) < 4.78 is 13.1. The Kier molecular flexibility index (Phi) is 9.25. The van der Waals surface area contributed by atoms with Crippen LogP contribution in [0.1, 0.15) is 59.8 Å². The number of rotatable bonds is 6. The molecule has 0 spiro atoms. The zero-order valence-corrected chi connectivity index (χ0v) is 13.9. The number of carbonyl (C=O) groups excluding carboxylic acids is 1. The Morgan fingerprint density at radius 2 is 1.94 bits per heavy atom. The number of unbranched alkanes of at least 4 members (excludes halogenated alkanes) is 3. The van der Waals surface area contributed by atoms with Crippen LogP contribution in [-0.2, 0) is 9.47 Å². The first-order valence-electron chi connectivity index (χ1n) is 6.40. The Hall–Kier alpha value is -0.440. The van der Waals surface area contributed by atoms with Crippen molar-refractivity contribution in [3.05, 3.63) is 0 Å². The van der Waals surface area contributed by atoms with Crippen LogP contribution in [0.25, 0.3) is 0 Å². The van der Waals surface area contributed by atoms with Crippen molar-refractivity contribution in [3.8, 4) is 9.85 Å². The molecule has 0 radical (unpaired) electrons. The molecule has 3 nitrogen and oxygen atoms in total. The van der Waals surface area contributed by atoms with Gasteiger partial charge in [-0.25, -0.2) is 4.79 Å². The van der Waals surface area contributed by atoms with Crippen molar-refractivity contribution in [3.63, 3.8) is 0 Å². The molecule has 0 heterocycles. The SMILES string of the molecule is CCCCCCC(C#CI)OC(=O)OC(C)(C)C. The van der Waals surface area contributed by atoms with Crippen molar-refractivity contribution in [2.24, 2.45) is 0 Å². The van der Waals surface area contributed by atoms with Gasteiger partial charge in [-0.3, -0.25) is 0 Å². The Morgan fingerprint density at radius 1 is 1.28 bits per heavy atom. The van der Waals surface area contributed by atoms with Gasteiger partial charge in [-0.15, -0.1) is 0 Å². The summed E-state index contributed by atoms with van der Waals surface area (Å²) in [5.74, 6) is 2.89. The van der Waals surface area contributed by atoms with Crippen LogP contribution in [0.3, 0.4) is 0 Å². The second-order valence-electron chi connectivity index (χ2n) is 5.16. The van der Waals surface area contributed by atoms with Gasteiger partial charge in [0.2, 0.25) is 0 Å². The Bertz CT molecular complexity index is 296. The fraction of sp³-hybridized carbons (Fsp3) is 0.786. The van der Waals surface area contributed by atoms with Crippen molar-refractivity contribution in [1.82, 2.24) is 0 Å². The van der Waals surface area contributed by atoms with Gasteiger partial charge < -0.3 is 9.47 Å². The fourth-order valence-electron chi connectivity index (χ4n) is 1.37. The van der Waals surface area contributed by atoms with Gasteiger partial charge in [0, 0.05) is 22.6 Å². The van der Waals surface area contributed by atoms with E-state index in [2.05, 4.69) is 16.8 Å². The van der Waals surface area contributed by atoms with Crippen molar-refractivity contribution < 1.29 is 14.3 Å². The van der Waals surface area contributed by atoms with Crippen molar-refractivity contribution in [1.29, 1.82) is 0 Å². The molecule has 4 heteroatoms. The van der Waals surface area contributed by atoms with E-state index in [4.69, 9.17) is 9.47 Å². The number of hydrogen-bond donors (Lipinski definition) is 0. The van der Waals surface area contributed by atoms with E-state index in [9.17, 15) is 4.79 Å². The van der Waals surface area contributed by atoms with Gasteiger partial charge in [0.05, 0.1) is 0 Å². The van der Waals surface area contributed by atoms with E-state index in [0.717, 1.165) is 19.3 Å². The number of carbonyl (C=O) groups is 1. The third kappa shape index (κ3) is 10.7. The molecule has 0 bridgehead atoms. The van der Waals surface area contributed by atoms with E-state index in [1.54, 1.807) is 0 Å². The minimum absolute atomic E-state index is 0.353. The molecule has 104 valence electrons. The highest BCUT2D eigenvalue weighted by Crippen LogP contribution is 2.12. The monoisotopic (exact) mass is 366 g/mol. The number of hydrogen-bond acceptors (Lipinski definition) is 3. The summed E-state index contributed by atoms with van der Waals surface area (Å²) in [4.78, 5) is 11.5. The summed E-state index contributed by atoms with van der Waals surface area (Å²) in [6, 6.07) is 0. The molecular formula is C14H23IO3. The van der Waals surface area contributed by atoms with Crippen LogP contribution in [0.2, 0.25) is 0 Å². The molecule has 0 aliphatic heterocycles. The molecule has 0 aromatic heterocycles. The number of ether oxygens (including phenoxy) is 2. The van der Waals surface area contributed by atoms with Crippen LogP contribution in [0, 0.1) is 9.85 Å². The van der Waals surface area contributed by atoms with E-state index in [1.165, 1.54) is 12.8 Å². The van der Waals surface area contributed by atoms with Crippen LogP contribution in [-0.4, -0.2) is 17.9 Å². The maximum Gasteiger partial charge on any atom is 0.510 e. The highest BCUT2D eigenvalue weighted by atomic mass is 127. The normalized spacial score (nSPS) is 12.3. The van der Waals surface area contributed by atoms with Gasteiger partial charge in [-0.2, -0.15) is 0 Å². The second kappa shape index (κ2) is 9.48. The van der Waals surface area contributed by atoms with Crippen LogP contribution >= 0.6 is 22.6 Å². The molecule has 0 aliphatic carbocycles. The molecule has 0 amide bonds. The Morgan fingerprint density at radius 3 is 2.44 bits per heavy atom. The third-order valence-corrected chi connectivity index (χ3v) is 2.47. The molecular weight excluding hydrogens is 343 g/mol. The summed E-state index contributed by atoms with van der Waals surface area (Å²) in [5.41, 5.74) is -0.526. The average Bonchev–Trinajstić information content (AvgIpc) is 2.21. The molecule has 0 aromatic rings. The lowest BCUT2D eigenvalue weighted by Crippen LogP contribution is -2.27. The average molecular weight is 366 g/mol. The first-order chi connectivity index (χ1) is 8.39. The molecule has 0 N–H and O–H groups in total. The van der Waals surface area contributed by atoms with Crippen LogP contribution in [0.5, 0.6) is 0 Å². The van der Waals surface area contributed by atoms with Crippen LogP contribution in [0.4, 0.5) is 4.79 Å². The number of halogens is 1. The zero-order valence-electron chi connectivity index (χ0n) is 11.7. The molecule has 0 saturated carbocycles. The predicted octanol–water partition coefficient (Wildman–Crippen LogP) is 4.67. The van der Waals surface area contributed by atoms with E-state index in [-0.39, 0.29) is 6.10 Å². The second-order valence-corrected chi connectivity index (χ2v) is 5.70. The molecule has 0 fully saturated rings. The lowest BCUT2D eigenvalue weighted by atomic mass is 10.1. The summed E-state index contributed by atoms with van der Waals surface area (Å²) in [7, 11) is 0. The maximum atomic E-state index is 11.5. The minimum atomic E-state index is -0.637. The third-order valence-electron chi connectivity index (χ3n) is 2.16. The maximum absolute atomic E-state index is 11.5. The quantitative estimate of drug-likeness (QED) is 0.297. The first kappa shape index (κ1) is 17.6. The van der Waals surface area contributed by atoms with Crippen molar-refractivity contribution >= 4 is 28.7 Å². The van der Waals surface area contributed by atoms with Crippen molar-refractivity contribution in [2.45, 2.75) is 71.5 Å². The highest BCUT2D eigenvalue weighted by Gasteiger charge is 2.20. The van der Waals surface area contributed by atoms with Gasteiger partial charge in [0.25, 0.3) is 0 Å². The Labute approximate surface area is 124 Å². The topological polar surface area (TPSA) is 35.5 Å². The zero-order chi connectivity index (χ0) is 14.0. The van der Waals surface area contributed by atoms with E-state index in [1.807, 2.05) is 43.4 Å². The van der Waals surface area contributed by atoms with Crippen LogP contribution in [0.15, 0.2) is 0 Å². The van der Waals surface area contributed by atoms with E-state index < -0.39 is 11.8 Å². The largest absolute Gasteiger partial charge is 0.510 e. The molecule has 0 rings (SSSR count). The molecule has 0 aliphatic rings. The first-order valence-corrected chi connectivity index (χ1v) is 7.47. The minimum Gasteiger partial charge on any atom is -0.429 e. The molecule has 18 heavy (non-hydrogen) atoms. The predicted molar refractivity (Wildman–Crippen MR) is 81.7 cm³/mol. The standard InChI is InChI=1S/C14H23IO3/c1-5-6-7-8-9-12(10-11-15)17-13(16)18-14(2,3)4/h12H,5-9H2,1-4H3.